The number of carbonyl (C=O) groups is 2. The van der Waals surface area contributed by atoms with E-state index in [-0.39, 0.29) is 41.9 Å². The minimum absolute atomic E-state index is 0.0289. The average molecular weight is 439 g/mol. The van der Waals surface area contributed by atoms with Crippen molar-refractivity contribution in [2.75, 3.05) is 26.7 Å². The number of rotatable bonds is 5. The number of likely N-dealkylation sites (tertiary alicyclic amines) is 1. The summed E-state index contributed by atoms with van der Waals surface area (Å²) in [5, 5.41) is 15.8. The van der Waals surface area contributed by atoms with Gasteiger partial charge in [-0.05, 0) is 57.3 Å². The highest BCUT2D eigenvalue weighted by Crippen LogP contribution is 2.38. The summed E-state index contributed by atoms with van der Waals surface area (Å²) in [5.41, 5.74) is 0. The molecule has 0 aromatic rings. The van der Waals surface area contributed by atoms with Gasteiger partial charge in [-0.3, -0.25) is 14.5 Å². The molecule has 4 aliphatic rings. The van der Waals surface area contributed by atoms with Gasteiger partial charge in [-0.1, -0.05) is 6.92 Å². The second-order valence-electron chi connectivity index (χ2n) is 10.3. The minimum atomic E-state index is -0.787. The van der Waals surface area contributed by atoms with Crippen molar-refractivity contribution in [1.29, 1.82) is 0 Å². The lowest BCUT2D eigenvalue weighted by Crippen LogP contribution is -2.51. The van der Waals surface area contributed by atoms with Gasteiger partial charge in [0.15, 0.2) is 0 Å². The second kappa shape index (κ2) is 9.71. The number of carbonyl (C=O) groups excluding carboxylic acids is 2. The first-order valence-corrected chi connectivity index (χ1v) is 12.2. The molecule has 7 nitrogen and oxygen atoms in total. The standard InChI is InChI=1S/C23H39FN4O3/c1-14-6-7-19(24)18-11-20(26-22(14)18)23(31)25-15-4-3-5-16(10-15)28-9-8-17(12-28)27(2)21(30)13-29/h14-20,22,26,29H,3-13H2,1-2H3,(H,25,31)/t14?,15-,16-,17+,18?,19?,20?,22?/m1/s1. The first-order chi connectivity index (χ1) is 14.9. The van der Waals surface area contributed by atoms with Crippen LogP contribution in [0.3, 0.4) is 0 Å². The van der Waals surface area contributed by atoms with Crippen LogP contribution in [0.25, 0.3) is 0 Å². The fourth-order valence-corrected chi connectivity index (χ4v) is 6.46. The van der Waals surface area contributed by atoms with Gasteiger partial charge in [0.1, 0.15) is 12.8 Å². The summed E-state index contributed by atoms with van der Waals surface area (Å²) in [6, 6.07) is 0.569. The Balaban J connectivity index is 1.28. The lowest BCUT2D eigenvalue weighted by Gasteiger charge is -2.36. The molecule has 5 unspecified atom stereocenters. The van der Waals surface area contributed by atoms with Gasteiger partial charge in [0.2, 0.25) is 11.8 Å². The van der Waals surface area contributed by atoms with Gasteiger partial charge in [0, 0.05) is 50.2 Å². The number of hydrogen-bond acceptors (Lipinski definition) is 5. The number of amides is 2. The molecule has 0 spiro atoms. The van der Waals surface area contributed by atoms with Crippen molar-refractivity contribution in [3.63, 3.8) is 0 Å². The fraction of sp³-hybridized carbons (Fsp3) is 0.913. The molecule has 176 valence electrons. The molecule has 4 rings (SSSR count). The van der Waals surface area contributed by atoms with Crippen LogP contribution < -0.4 is 10.6 Å². The number of likely N-dealkylation sites (N-methyl/N-ethyl adjacent to an activating group) is 1. The zero-order valence-corrected chi connectivity index (χ0v) is 18.9. The van der Waals surface area contributed by atoms with Crippen LogP contribution in [-0.2, 0) is 9.59 Å². The Labute approximate surface area is 185 Å². The summed E-state index contributed by atoms with van der Waals surface area (Å²) in [5.74, 6) is 0.203. The zero-order chi connectivity index (χ0) is 22.1. The van der Waals surface area contributed by atoms with Gasteiger partial charge in [-0.15, -0.1) is 0 Å². The highest BCUT2D eigenvalue weighted by Gasteiger charge is 2.46. The molecule has 0 aromatic carbocycles. The number of fused-ring (bicyclic) bond motifs is 1. The maximum Gasteiger partial charge on any atom is 0.248 e. The Hall–Kier alpha value is -1.25. The number of nitrogens with zero attached hydrogens (tertiary/aromatic N) is 2. The third-order valence-electron chi connectivity index (χ3n) is 8.44. The lowest BCUT2D eigenvalue weighted by atomic mass is 9.77. The predicted octanol–water partition coefficient (Wildman–Crippen LogP) is 1.05. The van der Waals surface area contributed by atoms with Crippen LogP contribution in [0.5, 0.6) is 0 Å². The molecule has 8 heteroatoms. The first kappa shape index (κ1) is 22.9. The third kappa shape index (κ3) is 4.91. The molecule has 2 amide bonds. The van der Waals surface area contributed by atoms with Crippen LogP contribution in [0.2, 0.25) is 0 Å². The fourth-order valence-electron chi connectivity index (χ4n) is 6.46. The number of hydrogen-bond donors (Lipinski definition) is 3. The molecule has 3 N–H and O–H groups in total. The molecule has 0 radical (unpaired) electrons. The van der Waals surface area contributed by atoms with Crippen LogP contribution in [0.15, 0.2) is 0 Å². The van der Waals surface area contributed by atoms with E-state index >= 15 is 0 Å². The summed E-state index contributed by atoms with van der Waals surface area (Å²) >= 11 is 0. The van der Waals surface area contributed by atoms with Crippen LogP contribution in [-0.4, -0.2) is 89.8 Å². The molecule has 0 aromatic heterocycles. The topological polar surface area (TPSA) is 84.9 Å². The van der Waals surface area contributed by atoms with Crippen molar-refractivity contribution in [3.05, 3.63) is 0 Å². The van der Waals surface area contributed by atoms with E-state index in [1.807, 2.05) is 0 Å². The van der Waals surface area contributed by atoms with Gasteiger partial charge < -0.3 is 20.6 Å². The van der Waals surface area contributed by atoms with E-state index < -0.39 is 12.8 Å². The van der Waals surface area contributed by atoms with Crippen molar-refractivity contribution >= 4 is 11.8 Å². The van der Waals surface area contributed by atoms with E-state index in [0.717, 1.165) is 51.6 Å². The molecule has 2 aliphatic carbocycles. The van der Waals surface area contributed by atoms with Gasteiger partial charge in [0.05, 0.1) is 6.04 Å². The number of aliphatic hydroxyl groups excluding tert-OH is 1. The Morgan fingerprint density at radius 2 is 2.00 bits per heavy atom. The van der Waals surface area contributed by atoms with Crippen LogP contribution >= 0.6 is 0 Å². The zero-order valence-electron chi connectivity index (χ0n) is 18.9. The van der Waals surface area contributed by atoms with Crippen molar-refractivity contribution in [1.82, 2.24) is 20.4 Å². The van der Waals surface area contributed by atoms with Crippen molar-refractivity contribution < 1.29 is 19.1 Å². The Kier molecular flexibility index (Phi) is 7.18. The summed E-state index contributed by atoms with van der Waals surface area (Å²) < 4.78 is 14.4. The summed E-state index contributed by atoms with van der Waals surface area (Å²) in [6.45, 7) is 3.50. The average Bonchev–Trinajstić information content (AvgIpc) is 3.44. The number of alkyl halides is 1. The van der Waals surface area contributed by atoms with E-state index in [1.54, 1.807) is 11.9 Å². The number of nitrogens with one attached hydrogen (secondary N) is 2. The van der Waals surface area contributed by atoms with Crippen LogP contribution in [0, 0.1) is 11.8 Å². The Morgan fingerprint density at radius 1 is 1.19 bits per heavy atom. The van der Waals surface area contributed by atoms with Crippen molar-refractivity contribution in [2.45, 2.75) is 94.7 Å². The molecule has 2 aliphatic heterocycles. The highest BCUT2D eigenvalue weighted by atomic mass is 19.1. The maximum absolute atomic E-state index is 14.4. The predicted molar refractivity (Wildman–Crippen MR) is 116 cm³/mol. The molecular formula is C23H39FN4O3. The number of aliphatic hydroxyl groups is 1. The molecule has 2 heterocycles. The highest BCUT2D eigenvalue weighted by molar-refractivity contribution is 5.82. The summed E-state index contributed by atoms with van der Waals surface area (Å²) in [6.07, 6.45) is 6.37. The van der Waals surface area contributed by atoms with Crippen LogP contribution in [0.1, 0.15) is 58.3 Å². The molecular weight excluding hydrogens is 399 g/mol. The van der Waals surface area contributed by atoms with Crippen molar-refractivity contribution in [3.8, 4) is 0 Å². The normalized spacial score (nSPS) is 41.0. The molecule has 31 heavy (non-hydrogen) atoms. The quantitative estimate of drug-likeness (QED) is 0.598. The second-order valence-corrected chi connectivity index (χ2v) is 10.3. The maximum atomic E-state index is 14.4. The van der Waals surface area contributed by atoms with Gasteiger partial charge in [-0.25, -0.2) is 4.39 Å². The smallest absolute Gasteiger partial charge is 0.248 e. The molecule has 4 fully saturated rings. The van der Waals surface area contributed by atoms with Crippen LogP contribution in [0.4, 0.5) is 4.39 Å². The van der Waals surface area contributed by atoms with Gasteiger partial charge in [-0.2, -0.15) is 0 Å². The lowest BCUT2D eigenvalue weighted by molar-refractivity contribution is -0.134. The van der Waals surface area contributed by atoms with E-state index in [2.05, 4.69) is 22.5 Å². The van der Waals surface area contributed by atoms with E-state index in [1.165, 1.54) is 0 Å². The summed E-state index contributed by atoms with van der Waals surface area (Å²) in [4.78, 5) is 28.9. The molecule has 2 saturated heterocycles. The summed E-state index contributed by atoms with van der Waals surface area (Å²) in [7, 11) is 1.77. The van der Waals surface area contributed by atoms with Gasteiger partial charge >= 0.3 is 0 Å². The SMILES string of the molecule is CC1CCC(F)C2CC(C(=O)N[C@@H]3CCC[C@@H](N4CC[C@H](N(C)C(=O)CO)C4)C3)NC12. The molecule has 8 atom stereocenters. The monoisotopic (exact) mass is 438 g/mol. The molecule has 0 bridgehead atoms. The molecule has 2 saturated carbocycles. The van der Waals surface area contributed by atoms with Crippen molar-refractivity contribution in [2.24, 2.45) is 11.8 Å². The minimum Gasteiger partial charge on any atom is -0.387 e. The number of halogens is 1. The Bertz CT molecular complexity index is 647. The first-order valence-electron chi connectivity index (χ1n) is 12.2. The Morgan fingerprint density at radius 3 is 2.74 bits per heavy atom. The van der Waals surface area contributed by atoms with E-state index in [0.29, 0.717) is 24.8 Å². The third-order valence-corrected chi connectivity index (χ3v) is 8.44. The largest absolute Gasteiger partial charge is 0.387 e. The van der Waals surface area contributed by atoms with E-state index in [4.69, 9.17) is 5.11 Å². The van der Waals surface area contributed by atoms with E-state index in [9.17, 15) is 14.0 Å². The van der Waals surface area contributed by atoms with Gasteiger partial charge in [0.25, 0.3) is 0 Å².